The summed E-state index contributed by atoms with van der Waals surface area (Å²) < 4.78 is 5.45. The Labute approximate surface area is 182 Å². The Kier molecular flexibility index (Phi) is 8.27. The van der Waals surface area contributed by atoms with Crippen LogP contribution in [0.25, 0.3) is 0 Å². The molecule has 0 aliphatic carbocycles. The lowest BCUT2D eigenvalue weighted by molar-refractivity contribution is -0.118. The molecule has 1 atom stereocenters. The zero-order valence-corrected chi connectivity index (χ0v) is 18.0. The number of rotatable bonds is 10. The molecule has 1 heterocycles. The van der Waals surface area contributed by atoms with Gasteiger partial charge in [-0.05, 0) is 60.2 Å². The number of carbonyl (C=O) groups excluding carboxylic acids is 1. The molecule has 1 N–H and O–H groups in total. The summed E-state index contributed by atoms with van der Waals surface area (Å²) in [5.74, 6) is 0.756. The van der Waals surface area contributed by atoms with Gasteiger partial charge in [0.25, 0.3) is 0 Å². The summed E-state index contributed by atoms with van der Waals surface area (Å²) in [7, 11) is 0. The lowest BCUT2D eigenvalue weighted by Crippen LogP contribution is -2.25. The van der Waals surface area contributed by atoms with Crippen molar-refractivity contribution in [1.82, 2.24) is 5.32 Å². The van der Waals surface area contributed by atoms with Gasteiger partial charge in [0.05, 0.1) is 11.5 Å². The van der Waals surface area contributed by atoms with Crippen LogP contribution < -0.4 is 10.1 Å². The van der Waals surface area contributed by atoms with Crippen molar-refractivity contribution in [2.24, 2.45) is 10.2 Å². The zero-order chi connectivity index (χ0) is 21.2. The van der Waals surface area contributed by atoms with Crippen LogP contribution >= 0.6 is 11.8 Å². The molecule has 0 saturated carbocycles. The van der Waals surface area contributed by atoms with E-state index in [1.165, 1.54) is 30.2 Å². The predicted molar refractivity (Wildman–Crippen MR) is 125 cm³/mol. The maximum Gasteiger partial charge on any atom is 0.239 e. The number of hydrogen-bond acceptors (Lipinski definition) is 5. The molecular weight excluding hydrogens is 394 g/mol. The van der Waals surface area contributed by atoms with Crippen molar-refractivity contribution in [3.05, 3.63) is 77.9 Å². The van der Waals surface area contributed by atoms with E-state index in [4.69, 9.17) is 4.74 Å². The fraction of sp³-hybridized carbons (Fsp3) is 0.292. The van der Waals surface area contributed by atoms with Crippen molar-refractivity contribution in [2.45, 2.75) is 37.9 Å². The van der Waals surface area contributed by atoms with E-state index in [0.717, 1.165) is 23.3 Å². The molecule has 6 heteroatoms. The van der Waals surface area contributed by atoms with Crippen LogP contribution in [0.5, 0.6) is 5.75 Å². The minimum atomic E-state index is -0.179. The van der Waals surface area contributed by atoms with E-state index in [0.29, 0.717) is 18.2 Å². The van der Waals surface area contributed by atoms with E-state index in [1.54, 1.807) is 12.3 Å². The number of nitrogens with zero attached hydrogens (tertiary/aromatic N) is 2. The number of thioether (sulfide) groups is 1. The minimum Gasteiger partial charge on any atom is -0.490 e. The van der Waals surface area contributed by atoms with Gasteiger partial charge < -0.3 is 10.1 Å². The summed E-state index contributed by atoms with van der Waals surface area (Å²) in [6.45, 7) is 6.30. The highest BCUT2D eigenvalue weighted by molar-refractivity contribution is 8.15. The van der Waals surface area contributed by atoms with Crippen molar-refractivity contribution in [1.29, 1.82) is 0 Å². The standard InChI is InChI=1S/C24H27N3O2S/c1-3-5-6-18-7-9-19(10-8-18)16-22-23(28)26-24(30-22)27-25-17-20-11-13-21(14-12-20)29-15-4-2/h4,7-14,17,22H,2-3,5-6,15-16H2,1H3,(H,26,27,28)/b25-17+. The number of nitrogens with one attached hydrogen (secondary N) is 1. The average Bonchev–Trinajstić information content (AvgIpc) is 3.11. The number of hydrogen-bond donors (Lipinski definition) is 1. The summed E-state index contributed by atoms with van der Waals surface area (Å²) in [6, 6.07) is 16.1. The summed E-state index contributed by atoms with van der Waals surface area (Å²) in [5, 5.41) is 11.4. The van der Waals surface area contributed by atoms with E-state index in [-0.39, 0.29) is 11.2 Å². The van der Waals surface area contributed by atoms with Crippen molar-refractivity contribution >= 4 is 29.1 Å². The molecule has 1 fully saturated rings. The topological polar surface area (TPSA) is 63.1 Å². The molecule has 156 valence electrons. The van der Waals surface area contributed by atoms with E-state index >= 15 is 0 Å². The van der Waals surface area contributed by atoms with E-state index in [2.05, 4.69) is 53.3 Å². The smallest absolute Gasteiger partial charge is 0.239 e. The van der Waals surface area contributed by atoms with Gasteiger partial charge in [-0.15, -0.1) is 5.10 Å². The molecule has 1 aliphatic rings. The molecule has 1 aliphatic heterocycles. The number of carbonyl (C=O) groups is 1. The molecule has 0 radical (unpaired) electrons. The molecule has 30 heavy (non-hydrogen) atoms. The summed E-state index contributed by atoms with van der Waals surface area (Å²) >= 11 is 1.42. The summed E-state index contributed by atoms with van der Waals surface area (Å²) in [6.07, 6.45) is 7.54. The van der Waals surface area contributed by atoms with Crippen LogP contribution in [-0.4, -0.2) is 29.1 Å². The maximum atomic E-state index is 12.3. The van der Waals surface area contributed by atoms with Gasteiger partial charge in [-0.1, -0.05) is 62.0 Å². The second-order valence-corrected chi connectivity index (χ2v) is 8.23. The van der Waals surface area contributed by atoms with E-state index in [9.17, 15) is 4.79 Å². The van der Waals surface area contributed by atoms with Gasteiger partial charge in [-0.2, -0.15) is 5.10 Å². The number of benzene rings is 2. The van der Waals surface area contributed by atoms with Gasteiger partial charge in [0.2, 0.25) is 5.91 Å². The maximum absolute atomic E-state index is 12.3. The Morgan fingerprint density at radius 2 is 1.87 bits per heavy atom. The molecule has 0 bridgehead atoms. The normalized spacial score (nSPS) is 17.4. The summed E-state index contributed by atoms with van der Waals surface area (Å²) in [5.41, 5.74) is 3.41. The Bertz CT molecular complexity index is 905. The van der Waals surface area contributed by atoms with Crippen molar-refractivity contribution < 1.29 is 9.53 Å². The van der Waals surface area contributed by atoms with Gasteiger partial charge in [0.15, 0.2) is 5.17 Å². The van der Waals surface area contributed by atoms with Gasteiger partial charge in [0.1, 0.15) is 12.4 Å². The van der Waals surface area contributed by atoms with Crippen LogP contribution in [0, 0.1) is 0 Å². The number of aryl methyl sites for hydroxylation is 1. The Hall–Kier alpha value is -2.86. The first-order valence-corrected chi connectivity index (χ1v) is 11.1. The van der Waals surface area contributed by atoms with Crippen LogP contribution in [0.2, 0.25) is 0 Å². The molecule has 0 spiro atoms. The Morgan fingerprint density at radius 1 is 1.13 bits per heavy atom. The molecule has 3 rings (SSSR count). The minimum absolute atomic E-state index is 0.0206. The number of ether oxygens (including phenoxy) is 1. The highest BCUT2D eigenvalue weighted by atomic mass is 32.2. The molecule has 0 aromatic heterocycles. The van der Waals surface area contributed by atoms with E-state index in [1.807, 2.05) is 24.3 Å². The second-order valence-electron chi connectivity index (χ2n) is 7.04. The second kappa shape index (κ2) is 11.4. The van der Waals surface area contributed by atoms with Crippen LogP contribution in [0.15, 0.2) is 71.4 Å². The van der Waals surface area contributed by atoms with Gasteiger partial charge in [0, 0.05) is 0 Å². The van der Waals surface area contributed by atoms with Gasteiger partial charge in [-0.25, -0.2) is 0 Å². The first-order valence-electron chi connectivity index (χ1n) is 10.2. The number of amides is 1. The first kappa shape index (κ1) is 21.8. The Morgan fingerprint density at radius 3 is 2.57 bits per heavy atom. The predicted octanol–water partition coefficient (Wildman–Crippen LogP) is 4.76. The quantitative estimate of drug-likeness (QED) is 0.342. The van der Waals surface area contributed by atoms with Crippen molar-refractivity contribution in [3.63, 3.8) is 0 Å². The third-order valence-electron chi connectivity index (χ3n) is 4.64. The van der Waals surface area contributed by atoms with E-state index < -0.39 is 0 Å². The van der Waals surface area contributed by atoms with Crippen LogP contribution in [-0.2, 0) is 17.6 Å². The molecule has 2 aromatic rings. The summed E-state index contributed by atoms with van der Waals surface area (Å²) in [4.78, 5) is 12.3. The average molecular weight is 422 g/mol. The molecule has 1 saturated heterocycles. The van der Waals surface area contributed by atoms with Crippen molar-refractivity contribution in [3.8, 4) is 5.75 Å². The number of unbranched alkanes of at least 4 members (excludes halogenated alkanes) is 1. The molecule has 1 unspecified atom stereocenters. The Balaban J connectivity index is 1.52. The molecular formula is C24H27N3O2S. The molecule has 5 nitrogen and oxygen atoms in total. The number of amidine groups is 1. The fourth-order valence-corrected chi connectivity index (χ4v) is 3.94. The third kappa shape index (κ3) is 6.59. The monoisotopic (exact) mass is 421 g/mol. The van der Waals surface area contributed by atoms with Crippen molar-refractivity contribution in [2.75, 3.05) is 6.61 Å². The molecule has 2 aromatic carbocycles. The third-order valence-corrected chi connectivity index (χ3v) is 5.72. The van der Waals surface area contributed by atoms with Gasteiger partial charge in [-0.3, -0.25) is 4.79 Å². The largest absolute Gasteiger partial charge is 0.490 e. The molecule has 1 amide bonds. The highest BCUT2D eigenvalue weighted by Crippen LogP contribution is 2.23. The van der Waals surface area contributed by atoms with Crippen LogP contribution in [0.4, 0.5) is 0 Å². The van der Waals surface area contributed by atoms with Crippen LogP contribution in [0.1, 0.15) is 36.5 Å². The lowest BCUT2D eigenvalue weighted by Gasteiger charge is -2.06. The SMILES string of the molecule is C=CCOc1ccc(/C=N/N=C2\NC(=O)C(Cc3ccc(CCCC)cc3)S2)cc1. The van der Waals surface area contributed by atoms with Gasteiger partial charge >= 0.3 is 0 Å². The zero-order valence-electron chi connectivity index (χ0n) is 17.2. The van der Waals surface area contributed by atoms with Crippen LogP contribution in [0.3, 0.4) is 0 Å². The fourth-order valence-electron chi connectivity index (χ4n) is 2.98. The highest BCUT2D eigenvalue weighted by Gasteiger charge is 2.30. The lowest BCUT2D eigenvalue weighted by atomic mass is 10.0. The first-order chi connectivity index (χ1) is 14.7.